The zero-order chi connectivity index (χ0) is 22.2. The topological polar surface area (TPSA) is 66.7 Å². The zero-order valence-electron chi connectivity index (χ0n) is 19.7. The molecule has 0 aliphatic carbocycles. The Morgan fingerprint density at radius 2 is 1.84 bits per heavy atom. The fourth-order valence-electron chi connectivity index (χ4n) is 4.12. The van der Waals surface area contributed by atoms with Crippen LogP contribution < -0.4 is 10.6 Å². The lowest BCUT2D eigenvalue weighted by Crippen LogP contribution is -2.52. The van der Waals surface area contributed by atoms with E-state index in [-0.39, 0.29) is 0 Å². The Kier molecular flexibility index (Phi) is 8.49. The third-order valence-corrected chi connectivity index (χ3v) is 5.94. The van der Waals surface area contributed by atoms with Gasteiger partial charge < -0.3 is 15.4 Å². The fourth-order valence-corrected chi connectivity index (χ4v) is 4.12. The normalized spacial score (nSPS) is 16.5. The average Bonchev–Trinajstić information content (AvgIpc) is 3.06. The minimum Gasteiger partial charge on any atom is -0.379 e. The van der Waals surface area contributed by atoms with Gasteiger partial charge in [0, 0.05) is 43.5 Å². The summed E-state index contributed by atoms with van der Waals surface area (Å²) in [4.78, 5) is 7.42. The molecule has 2 N–H and O–H groups in total. The minimum absolute atomic E-state index is 0.456. The standard InChI is InChI=1S/C24H38N6O/c1-6-25-24(27-17-23(18(2)3)29-12-14-31-15-13-29)26-16-22-19(4)28-30(20(22)5)21-10-8-7-9-11-21/h7-11,18,23H,6,12-17H2,1-5H3,(H2,25,26,27). The molecule has 0 bridgehead atoms. The SMILES string of the molecule is CCNC(=NCc1c(C)nn(-c2ccccc2)c1C)NCC(C(C)C)N1CCOCC1. The molecule has 1 aromatic carbocycles. The number of benzene rings is 1. The van der Waals surface area contributed by atoms with Gasteiger partial charge in [0.15, 0.2) is 5.96 Å². The summed E-state index contributed by atoms with van der Waals surface area (Å²) in [5.41, 5.74) is 4.41. The van der Waals surface area contributed by atoms with Crippen molar-refractivity contribution in [3.05, 3.63) is 47.3 Å². The minimum atomic E-state index is 0.456. The van der Waals surface area contributed by atoms with Gasteiger partial charge in [-0.1, -0.05) is 32.0 Å². The maximum atomic E-state index is 5.53. The number of nitrogens with zero attached hydrogens (tertiary/aromatic N) is 4. The Balaban J connectivity index is 1.70. The lowest BCUT2D eigenvalue weighted by atomic mass is 10.0. The number of morpholine rings is 1. The van der Waals surface area contributed by atoms with Crippen molar-refractivity contribution in [1.29, 1.82) is 0 Å². The molecule has 7 nitrogen and oxygen atoms in total. The Bertz CT molecular complexity index is 839. The van der Waals surface area contributed by atoms with Crippen LogP contribution in [0.3, 0.4) is 0 Å². The molecule has 3 rings (SSSR count). The summed E-state index contributed by atoms with van der Waals surface area (Å²) in [7, 11) is 0. The summed E-state index contributed by atoms with van der Waals surface area (Å²) < 4.78 is 7.54. The first-order valence-electron chi connectivity index (χ1n) is 11.5. The van der Waals surface area contributed by atoms with Crippen molar-refractivity contribution in [3.63, 3.8) is 0 Å². The van der Waals surface area contributed by atoms with Crippen LogP contribution in [0.2, 0.25) is 0 Å². The number of aliphatic imine (C=N–C) groups is 1. The van der Waals surface area contributed by atoms with Crippen molar-refractivity contribution in [3.8, 4) is 5.69 Å². The molecular formula is C24H38N6O. The Hall–Kier alpha value is -2.38. The van der Waals surface area contributed by atoms with Gasteiger partial charge >= 0.3 is 0 Å². The molecule has 1 aromatic heterocycles. The Morgan fingerprint density at radius 3 is 2.48 bits per heavy atom. The van der Waals surface area contributed by atoms with Gasteiger partial charge in [0.1, 0.15) is 0 Å². The highest BCUT2D eigenvalue weighted by molar-refractivity contribution is 5.79. The second-order valence-corrected chi connectivity index (χ2v) is 8.43. The van der Waals surface area contributed by atoms with E-state index >= 15 is 0 Å². The number of aromatic nitrogens is 2. The van der Waals surface area contributed by atoms with Crippen molar-refractivity contribution in [2.75, 3.05) is 39.4 Å². The van der Waals surface area contributed by atoms with Gasteiger partial charge in [-0.3, -0.25) is 4.90 Å². The molecule has 0 radical (unpaired) electrons. The van der Waals surface area contributed by atoms with Gasteiger partial charge in [0.2, 0.25) is 0 Å². The van der Waals surface area contributed by atoms with E-state index in [9.17, 15) is 0 Å². The van der Waals surface area contributed by atoms with Gasteiger partial charge in [-0.25, -0.2) is 9.67 Å². The van der Waals surface area contributed by atoms with Gasteiger partial charge in [-0.05, 0) is 38.8 Å². The lowest BCUT2D eigenvalue weighted by Gasteiger charge is -2.37. The van der Waals surface area contributed by atoms with Crippen LogP contribution in [0.25, 0.3) is 5.69 Å². The molecule has 1 aliphatic heterocycles. The number of rotatable bonds is 8. The van der Waals surface area contributed by atoms with Crippen molar-refractivity contribution in [2.24, 2.45) is 10.9 Å². The van der Waals surface area contributed by atoms with Gasteiger partial charge in [-0.15, -0.1) is 0 Å². The van der Waals surface area contributed by atoms with Gasteiger partial charge in [-0.2, -0.15) is 5.10 Å². The third kappa shape index (κ3) is 6.08. The lowest BCUT2D eigenvalue weighted by molar-refractivity contribution is 0.00752. The third-order valence-electron chi connectivity index (χ3n) is 5.94. The molecule has 170 valence electrons. The molecule has 0 amide bonds. The van der Waals surface area contributed by atoms with Crippen molar-refractivity contribution >= 4 is 5.96 Å². The molecule has 2 heterocycles. The number of aryl methyl sites for hydroxylation is 1. The van der Waals surface area contributed by atoms with E-state index in [1.54, 1.807) is 0 Å². The van der Waals surface area contributed by atoms with Crippen LogP contribution in [0.1, 0.15) is 37.7 Å². The van der Waals surface area contributed by atoms with Crippen LogP contribution in [0, 0.1) is 19.8 Å². The van der Waals surface area contributed by atoms with E-state index in [0.717, 1.165) is 62.4 Å². The molecule has 7 heteroatoms. The highest BCUT2D eigenvalue weighted by atomic mass is 16.5. The molecule has 0 saturated carbocycles. The molecular weight excluding hydrogens is 388 g/mol. The van der Waals surface area contributed by atoms with Crippen molar-refractivity contribution in [1.82, 2.24) is 25.3 Å². The molecule has 0 spiro atoms. The summed E-state index contributed by atoms with van der Waals surface area (Å²) in [6.45, 7) is 16.8. The van der Waals surface area contributed by atoms with Crippen LogP contribution in [0.5, 0.6) is 0 Å². The summed E-state index contributed by atoms with van der Waals surface area (Å²) in [5, 5.41) is 11.7. The van der Waals surface area contributed by atoms with E-state index in [2.05, 4.69) is 62.3 Å². The maximum absolute atomic E-state index is 5.53. The van der Waals surface area contributed by atoms with Crippen LogP contribution in [-0.2, 0) is 11.3 Å². The quantitative estimate of drug-likeness (QED) is 0.502. The molecule has 1 atom stereocenters. The number of para-hydroxylation sites is 1. The molecule has 1 unspecified atom stereocenters. The zero-order valence-corrected chi connectivity index (χ0v) is 19.7. The van der Waals surface area contributed by atoms with E-state index < -0.39 is 0 Å². The first-order chi connectivity index (χ1) is 15.0. The average molecular weight is 427 g/mol. The Morgan fingerprint density at radius 1 is 1.13 bits per heavy atom. The van der Waals surface area contributed by atoms with E-state index in [1.165, 1.54) is 5.56 Å². The van der Waals surface area contributed by atoms with E-state index in [1.807, 2.05) is 22.9 Å². The molecule has 31 heavy (non-hydrogen) atoms. The van der Waals surface area contributed by atoms with Gasteiger partial charge in [0.05, 0.1) is 31.1 Å². The van der Waals surface area contributed by atoms with Crippen LogP contribution >= 0.6 is 0 Å². The number of hydrogen-bond donors (Lipinski definition) is 2. The van der Waals surface area contributed by atoms with Crippen molar-refractivity contribution in [2.45, 2.75) is 47.2 Å². The maximum Gasteiger partial charge on any atom is 0.191 e. The first kappa shape index (κ1) is 23.3. The summed E-state index contributed by atoms with van der Waals surface area (Å²) in [5.74, 6) is 1.41. The largest absolute Gasteiger partial charge is 0.379 e. The number of nitrogens with one attached hydrogen (secondary N) is 2. The molecule has 1 saturated heterocycles. The van der Waals surface area contributed by atoms with Crippen LogP contribution in [-0.4, -0.2) is 66.1 Å². The highest BCUT2D eigenvalue weighted by Gasteiger charge is 2.24. The molecule has 1 aliphatic rings. The first-order valence-corrected chi connectivity index (χ1v) is 11.5. The summed E-state index contributed by atoms with van der Waals surface area (Å²) >= 11 is 0. The summed E-state index contributed by atoms with van der Waals surface area (Å²) in [6.07, 6.45) is 0. The monoisotopic (exact) mass is 426 g/mol. The smallest absolute Gasteiger partial charge is 0.191 e. The van der Waals surface area contributed by atoms with E-state index in [0.29, 0.717) is 18.5 Å². The molecule has 2 aromatic rings. The second-order valence-electron chi connectivity index (χ2n) is 8.43. The van der Waals surface area contributed by atoms with Gasteiger partial charge in [0.25, 0.3) is 0 Å². The fraction of sp³-hybridized carbons (Fsp3) is 0.583. The number of hydrogen-bond acceptors (Lipinski definition) is 4. The number of guanidine groups is 1. The second kappa shape index (κ2) is 11.3. The number of ether oxygens (including phenoxy) is 1. The van der Waals surface area contributed by atoms with Crippen molar-refractivity contribution < 1.29 is 4.74 Å². The van der Waals surface area contributed by atoms with Crippen LogP contribution in [0.15, 0.2) is 35.3 Å². The summed E-state index contributed by atoms with van der Waals surface area (Å²) in [6, 6.07) is 10.7. The Labute approximate surface area is 186 Å². The van der Waals surface area contributed by atoms with Crippen LogP contribution in [0.4, 0.5) is 0 Å². The predicted octanol–water partition coefficient (Wildman–Crippen LogP) is 2.90. The predicted molar refractivity (Wildman–Crippen MR) is 127 cm³/mol. The van der Waals surface area contributed by atoms with E-state index in [4.69, 9.17) is 14.8 Å². The highest BCUT2D eigenvalue weighted by Crippen LogP contribution is 2.18. The molecule has 1 fully saturated rings.